The van der Waals surface area contributed by atoms with E-state index in [2.05, 4.69) is 22.5 Å². The first-order valence-corrected chi connectivity index (χ1v) is 6.74. The average Bonchev–Trinajstić information content (AvgIpc) is 2.92. The van der Waals surface area contributed by atoms with Gasteiger partial charge in [0.25, 0.3) is 0 Å². The van der Waals surface area contributed by atoms with E-state index in [0.29, 0.717) is 16.3 Å². The van der Waals surface area contributed by atoms with Gasteiger partial charge in [-0.15, -0.1) is 11.6 Å². The van der Waals surface area contributed by atoms with Crippen LogP contribution in [-0.4, -0.2) is 9.55 Å². The zero-order valence-electron chi connectivity index (χ0n) is 9.71. The Bertz CT molecular complexity index is 570. The lowest BCUT2D eigenvalue weighted by Gasteiger charge is -2.12. The van der Waals surface area contributed by atoms with E-state index in [1.165, 1.54) is 12.8 Å². The molecule has 0 amide bonds. The first-order chi connectivity index (χ1) is 8.13. The zero-order valence-corrected chi connectivity index (χ0v) is 11.2. The first kappa shape index (κ1) is 11.4. The molecule has 0 bridgehead atoms. The first-order valence-electron chi connectivity index (χ1n) is 5.83. The second kappa shape index (κ2) is 3.89. The van der Waals surface area contributed by atoms with E-state index in [9.17, 15) is 0 Å². The minimum Gasteiger partial charge on any atom is -0.326 e. The van der Waals surface area contributed by atoms with Crippen molar-refractivity contribution in [3.8, 4) is 0 Å². The third kappa shape index (κ3) is 1.94. The van der Waals surface area contributed by atoms with Gasteiger partial charge in [0, 0.05) is 6.54 Å². The van der Waals surface area contributed by atoms with Crippen LogP contribution in [0, 0.1) is 5.41 Å². The smallest absolute Gasteiger partial charge is 0.124 e. The zero-order chi connectivity index (χ0) is 12.0. The lowest BCUT2D eigenvalue weighted by molar-refractivity contribution is 0.465. The van der Waals surface area contributed by atoms with E-state index in [-0.39, 0.29) is 0 Å². The topological polar surface area (TPSA) is 17.8 Å². The molecular formula is C13H14Cl2N2. The van der Waals surface area contributed by atoms with Gasteiger partial charge in [-0.1, -0.05) is 24.6 Å². The van der Waals surface area contributed by atoms with Crippen molar-refractivity contribution in [1.29, 1.82) is 0 Å². The van der Waals surface area contributed by atoms with E-state index < -0.39 is 0 Å². The molecule has 0 atom stereocenters. The van der Waals surface area contributed by atoms with Crippen LogP contribution >= 0.6 is 23.2 Å². The predicted molar refractivity (Wildman–Crippen MR) is 71.6 cm³/mol. The van der Waals surface area contributed by atoms with E-state index >= 15 is 0 Å². The van der Waals surface area contributed by atoms with E-state index in [1.54, 1.807) is 0 Å². The van der Waals surface area contributed by atoms with E-state index in [4.69, 9.17) is 23.2 Å². The van der Waals surface area contributed by atoms with Gasteiger partial charge in [-0.3, -0.25) is 0 Å². The monoisotopic (exact) mass is 268 g/mol. The summed E-state index contributed by atoms with van der Waals surface area (Å²) in [4.78, 5) is 4.54. The van der Waals surface area contributed by atoms with Crippen LogP contribution in [0.1, 0.15) is 25.6 Å². The predicted octanol–water partition coefficient (Wildman–Crippen LogP) is 4.23. The van der Waals surface area contributed by atoms with E-state index in [1.807, 2.05) is 12.1 Å². The molecule has 0 spiro atoms. The van der Waals surface area contributed by atoms with Crippen LogP contribution in [0.4, 0.5) is 0 Å². The fourth-order valence-corrected chi connectivity index (χ4v) is 2.61. The lowest BCUT2D eigenvalue weighted by Crippen LogP contribution is -2.10. The number of imidazole rings is 1. The highest BCUT2D eigenvalue weighted by Crippen LogP contribution is 2.47. The molecule has 0 aliphatic heterocycles. The largest absolute Gasteiger partial charge is 0.326 e. The summed E-state index contributed by atoms with van der Waals surface area (Å²) in [7, 11) is 0. The number of hydrogen-bond donors (Lipinski definition) is 0. The third-order valence-electron chi connectivity index (χ3n) is 3.57. The quantitative estimate of drug-likeness (QED) is 0.762. The summed E-state index contributed by atoms with van der Waals surface area (Å²) in [5.74, 6) is 1.35. The molecule has 1 aliphatic rings. The summed E-state index contributed by atoms with van der Waals surface area (Å²) in [6.07, 6.45) is 2.57. The molecule has 4 heteroatoms. The highest BCUT2D eigenvalue weighted by Gasteiger charge is 2.38. The van der Waals surface area contributed by atoms with Crippen molar-refractivity contribution in [1.82, 2.24) is 9.55 Å². The summed E-state index contributed by atoms with van der Waals surface area (Å²) in [5, 5.41) is 0.702. The van der Waals surface area contributed by atoms with Gasteiger partial charge in [-0.05, 0) is 30.4 Å². The lowest BCUT2D eigenvalue weighted by atomic mass is 10.1. The Labute approximate surface area is 111 Å². The highest BCUT2D eigenvalue weighted by molar-refractivity contribution is 6.35. The molecule has 1 aromatic carbocycles. The molecule has 90 valence electrons. The summed E-state index contributed by atoms with van der Waals surface area (Å²) >= 11 is 12.1. The van der Waals surface area contributed by atoms with Gasteiger partial charge < -0.3 is 4.57 Å². The van der Waals surface area contributed by atoms with Gasteiger partial charge in [0.2, 0.25) is 0 Å². The van der Waals surface area contributed by atoms with Crippen molar-refractivity contribution >= 4 is 34.2 Å². The van der Waals surface area contributed by atoms with Crippen LogP contribution < -0.4 is 0 Å². The number of rotatable bonds is 3. The van der Waals surface area contributed by atoms with Gasteiger partial charge in [-0.2, -0.15) is 0 Å². The molecule has 17 heavy (non-hydrogen) atoms. The highest BCUT2D eigenvalue weighted by atomic mass is 35.5. The maximum absolute atomic E-state index is 6.17. The molecule has 1 fully saturated rings. The van der Waals surface area contributed by atoms with Gasteiger partial charge >= 0.3 is 0 Å². The van der Waals surface area contributed by atoms with Crippen LogP contribution in [0.2, 0.25) is 5.02 Å². The van der Waals surface area contributed by atoms with Gasteiger partial charge in [-0.25, -0.2) is 4.98 Å². The molecule has 1 aromatic heterocycles. The molecule has 1 aliphatic carbocycles. The van der Waals surface area contributed by atoms with Crippen molar-refractivity contribution in [3.63, 3.8) is 0 Å². The Morgan fingerprint density at radius 3 is 2.82 bits per heavy atom. The number of alkyl halides is 1. The van der Waals surface area contributed by atoms with Crippen molar-refractivity contribution in [2.75, 3.05) is 0 Å². The third-order valence-corrected chi connectivity index (χ3v) is 4.12. The van der Waals surface area contributed by atoms with Crippen molar-refractivity contribution < 1.29 is 0 Å². The number of hydrogen-bond acceptors (Lipinski definition) is 1. The molecule has 1 saturated carbocycles. The standard InChI is InChI=1S/C13H14Cl2N2/c1-13(5-6-13)8-17-10-4-2-3-9(15)12(10)16-11(17)7-14/h2-4H,5-8H2,1H3. The number of fused-ring (bicyclic) bond motifs is 1. The van der Waals surface area contributed by atoms with Crippen molar-refractivity contribution in [3.05, 3.63) is 29.0 Å². The van der Waals surface area contributed by atoms with Gasteiger partial charge in [0.05, 0.1) is 16.4 Å². The number of nitrogens with zero attached hydrogens (tertiary/aromatic N) is 2. The Morgan fingerprint density at radius 1 is 1.41 bits per heavy atom. The number of aromatic nitrogens is 2. The van der Waals surface area contributed by atoms with Crippen LogP contribution in [0.5, 0.6) is 0 Å². The molecule has 2 nitrogen and oxygen atoms in total. The average molecular weight is 269 g/mol. The van der Waals surface area contributed by atoms with Crippen LogP contribution in [0.3, 0.4) is 0 Å². The Morgan fingerprint density at radius 2 is 2.18 bits per heavy atom. The Kier molecular flexibility index (Phi) is 2.60. The molecule has 3 rings (SSSR count). The van der Waals surface area contributed by atoms with Crippen molar-refractivity contribution in [2.24, 2.45) is 5.41 Å². The summed E-state index contributed by atoms with van der Waals surface area (Å²) in [6.45, 7) is 3.30. The minimum absolute atomic E-state index is 0.427. The molecular weight excluding hydrogens is 255 g/mol. The maximum atomic E-state index is 6.17. The van der Waals surface area contributed by atoms with Crippen LogP contribution in [0.15, 0.2) is 18.2 Å². The number of halogens is 2. The second-order valence-corrected chi connectivity index (χ2v) is 5.84. The normalized spacial score (nSPS) is 17.6. The Hall–Kier alpha value is -0.730. The van der Waals surface area contributed by atoms with Crippen LogP contribution in [-0.2, 0) is 12.4 Å². The van der Waals surface area contributed by atoms with Crippen molar-refractivity contribution in [2.45, 2.75) is 32.2 Å². The summed E-state index contributed by atoms with van der Waals surface area (Å²) < 4.78 is 2.22. The molecule has 0 unspecified atom stereocenters. The number of benzene rings is 1. The fourth-order valence-electron chi connectivity index (χ4n) is 2.19. The van der Waals surface area contributed by atoms with Gasteiger partial charge in [0.1, 0.15) is 11.3 Å². The number of para-hydroxylation sites is 1. The van der Waals surface area contributed by atoms with E-state index in [0.717, 1.165) is 23.4 Å². The molecule has 0 saturated heterocycles. The molecule has 0 N–H and O–H groups in total. The maximum Gasteiger partial charge on any atom is 0.124 e. The fraction of sp³-hybridized carbons (Fsp3) is 0.462. The van der Waals surface area contributed by atoms with Gasteiger partial charge in [0.15, 0.2) is 0 Å². The molecule has 1 heterocycles. The molecule has 0 radical (unpaired) electrons. The Balaban J connectivity index is 2.16. The minimum atomic E-state index is 0.427. The van der Waals surface area contributed by atoms with Crippen LogP contribution in [0.25, 0.3) is 11.0 Å². The SMILES string of the molecule is CC1(Cn2c(CCl)nc3c(Cl)cccc32)CC1. The summed E-state index contributed by atoms with van der Waals surface area (Å²) in [5.41, 5.74) is 2.40. The molecule has 2 aromatic rings. The second-order valence-electron chi connectivity index (χ2n) is 5.17. The summed E-state index contributed by atoms with van der Waals surface area (Å²) in [6, 6.07) is 5.91.